The summed E-state index contributed by atoms with van der Waals surface area (Å²) >= 11 is 5.50. The zero-order valence-electron chi connectivity index (χ0n) is 61.4. The maximum atomic E-state index is 12.2. The molecule has 5 unspecified atom stereocenters. The van der Waals surface area contributed by atoms with Gasteiger partial charge in [0.2, 0.25) is 0 Å². The van der Waals surface area contributed by atoms with Gasteiger partial charge in [-0.05, 0) is 295 Å². The predicted octanol–water partition coefficient (Wildman–Crippen LogP) is 19.2. The van der Waals surface area contributed by atoms with E-state index in [2.05, 4.69) is 136 Å². The third kappa shape index (κ3) is 37.7. The lowest BCUT2D eigenvalue weighted by Crippen LogP contribution is -2.26. The predicted molar refractivity (Wildman–Crippen MR) is 416 cm³/mol. The highest BCUT2D eigenvalue weighted by molar-refractivity contribution is 14.1. The van der Waals surface area contributed by atoms with Gasteiger partial charge in [0.1, 0.15) is 14.9 Å². The minimum Gasteiger partial charge on any atom is -0.460 e. The number of hydrogen-bond donors (Lipinski definition) is 2. The minimum atomic E-state index is -3.02. The van der Waals surface area contributed by atoms with Crippen LogP contribution in [-0.2, 0) is 63.6 Å². The summed E-state index contributed by atoms with van der Waals surface area (Å²) in [5.74, 6) is 1.82. The van der Waals surface area contributed by atoms with E-state index in [1.165, 1.54) is 65.6 Å². The number of aliphatic hydroxyl groups excluding tert-OH is 1. The number of nitrogens with two attached hydrogens (primary N) is 1. The van der Waals surface area contributed by atoms with Crippen molar-refractivity contribution in [2.75, 3.05) is 13.2 Å². The van der Waals surface area contributed by atoms with E-state index in [4.69, 9.17) is 29.4 Å². The molecule has 20 heteroatoms. The van der Waals surface area contributed by atoms with Gasteiger partial charge in [-0.2, -0.15) is 0 Å². The Labute approximate surface area is 620 Å². The van der Waals surface area contributed by atoms with Crippen molar-refractivity contribution in [2.45, 2.75) is 223 Å². The average molecular weight is 1580 g/mol. The number of alkyl halides is 1. The molecule has 3 saturated carbocycles. The van der Waals surface area contributed by atoms with E-state index in [-0.39, 0.29) is 42.7 Å². The van der Waals surface area contributed by atoms with Crippen LogP contribution >= 0.6 is 58.5 Å². The van der Waals surface area contributed by atoms with Crippen molar-refractivity contribution in [3.8, 4) is 0 Å². The number of aromatic nitrogens is 7. The Kier molecular flexibility index (Phi) is 40.7. The normalized spacial score (nSPS) is 17.3. The quantitative estimate of drug-likeness (QED) is 0.0284. The third-order valence-electron chi connectivity index (χ3n) is 16.0. The number of halogens is 3. The highest BCUT2D eigenvalue weighted by Gasteiger charge is 2.32. The molecule has 3 aliphatic rings. The SMILES string of the molecule is CCOP(=O)(Cc1ccc(C)cn1)OCC.Cc1ccc(/C=C2\CCCC2CC(=O)OC(C)(C)C)nc1.Cc1ccc(CBr)nc1.Cc1ccc(CC2CCCC2CC(=O)OC(C)(C)C)nc1.Cc1ccc(CC2CCCC2N)nc1.Cc1ccc(CO)nc1.Cc1ccc(I)nc1.Cl. The Balaban J connectivity index is 0.000000308. The number of nitrogens with zero attached hydrogens (tertiary/aromatic N) is 7. The number of carbonyl (C=O) groups is 2. The first-order valence-electron chi connectivity index (χ1n) is 34.5. The van der Waals surface area contributed by atoms with Crippen LogP contribution in [-0.4, -0.2) is 82.4 Å². The molecule has 3 aliphatic carbocycles. The number of rotatable bonds is 17. The Morgan fingerprint density at radius 2 is 0.939 bits per heavy atom. The van der Waals surface area contributed by atoms with E-state index in [9.17, 15) is 14.2 Å². The summed E-state index contributed by atoms with van der Waals surface area (Å²) in [6, 6.07) is 28.6. The van der Waals surface area contributed by atoms with Crippen LogP contribution in [0.3, 0.4) is 0 Å². The van der Waals surface area contributed by atoms with Gasteiger partial charge in [0.15, 0.2) is 0 Å². The summed E-state index contributed by atoms with van der Waals surface area (Å²) in [5, 5.41) is 9.41. The van der Waals surface area contributed by atoms with Gasteiger partial charge >= 0.3 is 19.5 Å². The summed E-state index contributed by atoms with van der Waals surface area (Å²) in [4.78, 5) is 53.7. The maximum absolute atomic E-state index is 12.2. The molecule has 16 nitrogen and oxygen atoms in total. The van der Waals surface area contributed by atoms with Gasteiger partial charge in [0.05, 0.1) is 55.2 Å². The third-order valence-corrected chi connectivity index (χ3v) is 19.2. The summed E-state index contributed by atoms with van der Waals surface area (Å²) in [6.45, 7) is 30.0. The highest BCUT2D eigenvalue weighted by Crippen LogP contribution is 2.51. The van der Waals surface area contributed by atoms with Crippen LogP contribution in [0, 0.1) is 75.8 Å². The van der Waals surface area contributed by atoms with Crippen molar-refractivity contribution in [3.05, 3.63) is 211 Å². The van der Waals surface area contributed by atoms with Crippen molar-refractivity contribution in [1.29, 1.82) is 0 Å². The molecule has 0 radical (unpaired) electrons. The fourth-order valence-electron chi connectivity index (χ4n) is 11.0. The van der Waals surface area contributed by atoms with Gasteiger partial charge in [0, 0.05) is 72.6 Å². The number of pyridine rings is 7. The summed E-state index contributed by atoms with van der Waals surface area (Å²) in [6.07, 6.45) is 29.0. The molecule has 0 amide bonds. The van der Waals surface area contributed by atoms with Crippen LogP contribution in [0.2, 0.25) is 0 Å². The molecule has 0 aliphatic heterocycles. The second-order valence-corrected chi connectivity index (χ2v) is 31.3. The maximum Gasteiger partial charge on any atom is 0.336 e. The summed E-state index contributed by atoms with van der Waals surface area (Å²) in [7, 11) is -3.02. The fourth-order valence-corrected chi connectivity index (χ4v) is 13.3. The van der Waals surface area contributed by atoms with E-state index < -0.39 is 13.2 Å². The molecule has 0 saturated heterocycles. The fraction of sp³-hybridized carbons (Fsp3) is 0.506. The molecule has 542 valence electrons. The lowest BCUT2D eigenvalue weighted by molar-refractivity contribution is -0.157. The van der Waals surface area contributed by atoms with Gasteiger partial charge in [-0.25, -0.2) is 0 Å². The molecule has 7 aromatic rings. The van der Waals surface area contributed by atoms with Crippen LogP contribution in [0.4, 0.5) is 0 Å². The van der Waals surface area contributed by atoms with Crippen LogP contribution in [0.25, 0.3) is 6.08 Å². The Morgan fingerprint density at radius 3 is 1.33 bits per heavy atom. The number of aliphatic hydroxyl groups is 1. The van der Waals surface area contributed by atoms with Crippen molar-refractivity contribution in [3.63, 3.8) is 0 Å². The number of carbonyl (C=O) groups excluding carboxylic acids is 2. The molecule has 7 aromatic heterocycles. The van der Waals surface area contributed by atoms with Crippen LogP contribution < -0.4 is 5.73 Å². The van der Waals surface area contributed by atoms with Crippen LogP contribution in [0.15, 0.2) is 134 Å². The number of ether oxygens (including phenoxy) is 2. The molecule has 7 heterocycles. The molecule has 0 spiro atoms. The number of aryl methyl sites for hydroxylation is 7. The second kappa shape index (κ2) is 46.0. The van der Waals surface area contributed by atoms with E-state index in [0.29, 0.717) is 55.8 Å². The topological polar surface area (TPSA) is 225 Å². The van der Waals surface area contributed by atoms with Crippen LogP contribution in [0.1, 0.15) is 199 Å². The lowest BCUT2D eigenvalue weighted by atomic mass is 9.89. The first kappa shape index (κ1) is 87.5. The highest BCUT2D eigenvalue weighted by atomic mass is 127. The monoisotopic (exact) mass is 1570 g/mol. The van der Waals surface area contributed by atoms with Crippen molar-refractivity contribution < 1.29 is 37.8 Å². The zero-order valence-corrected chi connectivity index (χ0v) is 66.9. The molecule has 3 fully saturated rings. The number of esters is 2. The van der Waals surface area contributed by atoms with Gasteiger partial charge in [-0.3, -0.25) is 49.0 Å². The molecule has 0 aromatic carbocycles. The van der Waals surface area contributed by atoms with Crippen molar-refractivity contribution in [2.24, 2.45) is 29.4 Å². The Morgan fingerprint density at radius 1 is 0.535 bits per heavy atom. The van der Waals surface area contributed by atoms with E-state index in [1.807, 2.05) is 150 Å². The van der Waals surface area contributed by atoms with Gasteiger partial charge in [-0.1, -0.05) is 76.8 Å². The standard InChI is InChI=1S/C18H27NO2.C18H25NO2.C12H18N2.C11H18NO3P.C7H8BrN.C7H9NO.C6H6IN.ClH/c2*1-13-8-9-16(19-12-13)10-14-6-5-7-15(14)11-17(20)21-18(2,3)4;1-9-5-6-11(14-8-9)7-10-3-2-4-12(10)13;1-4-14-16(13,15-5-2)9-11-7-6-10(3)8-12-11;1-6-2-3-7(4-8)9-5-6;1-6-2-3-7(5-9)8-4-6;1-5-2-3-6(7)8-4-5;/h8-9,12,14-15H,5-7,10-11H2,1-4H3;8-10,12,15H,5-7,11H2,1-4H3;5-6,8,10,12H,2-4,7,13H2,1H3;6-8H,4-5,9H2,1-3H3;2-3,5H,4H2,1H3;2-4,9H,5H2,1H3;2-4H,1H3;1H/b;14-10+;;;;;;. The van der Waals surface area contributed by atoms with Crippen LogP contribution in [0.5, 0.6) is 0 Å². The van der Waals surface area contributed by atoms with E-state index in [0.717, 1.165) is 92.7 Å². The Bertz CT molecular complexity index is 3390. The van der Waals surface area contributed by atoms with E-state index in [1.54, 1.807) is 26.2 Å². The second-order valence-electron chi connectivity index (χ2n) is 27.6. The largest absolute Gasteiger partial charge is 0.460 e. The summed E-state index contributed by atoms with van der Waals surface area (Å²) < 4.78 is 34.5. The van der Waals surface area contributed by atoms with Gasteiger partial charge < -0.3 is 29.4 Å². The van der Waals surface area contributed by atoms with E-state index >= 15 is 0 Å². The smallest absolute Gasteiger partial charge is 0.336 e. The first-order valence-corrected chi connectivity index (χ1v) is 38.4. The zero-order chi connectivity index (χ0) is 72.3. The Hall–Kier alpha value is -5.70. The first-order chi connectivity index (χ1) is 46.5. The molecule has 10 rings (SSSR count). The molecule has 0 bridgehead atoms. The molecule has 99 heavy (non-hydrogen) atoms. The van der Waals surface area contributed by atoms with Crippen molar-refractivity contribution in [1.82, 2.24) is 34.9 Å². The van der Waals surface area contributed by atoms with Gasteiger partial charge in [0.25, 0.3) is 0 Å². The lowest BCUT2D eigenvalue weighted by Gasteiger charge is -2.23. The summed E-state index contributed by atoms with van der Waals surface area (Å²) in [5.41, 5.74) is 20.6. The molecule has 5 atom stereocenters. The average Bonchev–Trinajstić information content (AvgIpc) is 1.81. The molecular formula is C79H112BrClIN8O8P. The number of allylic oxidation sites excluding steroid dienone is 1. The van der Waals surface area contributed by atoms with Gasteiger partial charge in [-0.15, -0.1) is 12.4 Å². The van der Waals surface area contributed by atoms with Crippen molar-refractivity contribution >= 4 is 76.5 Å². The molecule has 3 N–H and O–H groups in total. The number of hydrogen-bond acceptors (Lipinski definition) is 16. The molecular weight excluding hydrogens is 1460 g/mol. The minimum absolute atomic E-state index is 0.